The summed E-state index contributed by atoms with van der Waals surface area (Å²) in [6.45, 7) is 5.07. The van der Waals surface area contributed by atoms with E-state index in [0.717, 1.165) is 12.2 Å². The predicted octanol–water partition coefficient (Wildman–Crippen LogP) is 1.57. The highest BCUT2D eigenvalue weighted by atomic mass is 16.2. The smallest absolute Gasteiger partial charge is 0.240 e. The summed E-state index contributed by atoms with van der Waals surface area (Å²) in [6, 6.07) is 7.52. The maximum absolute atomic E-state index is 11.4. The fraction of sp³-hybridized carbons (Fsp3) is 0.500. The molecule has 0 spiro atoms. The average molecular weight is 247 g/mol. The highest BCUT2D eigenvalue weighted by Crippen LogP contribution is 2.15. The Balaban J connectivity index is 1.90. The van der Waals surface area contributed by atoms with Gasteiger partial charge in [0.05, 0.1) is 6.04 Å². The molecule has 98 valence electrons. The molecule has 1 aromatic rings. The number of likely N-dealkylation sites (tertiary alicyclic amines) is 1. The van der Waals surface area contributed by atoms with Gasteiger partial charge in [-0.05, 0) is 50.6 Å². The van der Waals surface area contributed by atoms with E-state index in [0.29, 0.717) is 0 Å². The number of benzene rings is 1. The minimum atomic E-state index is -0.478. The first-order valence-corrected chi connectivity index (χ1v) is 6.53. The molecule has 1 amide bonds. The molecule has 0 saturated carbocycles. The fourth-order valence-corrected chi connectivity index (χ4v) is 2.15. The molecular weight excluding hydrogens is 226 g/mol. The van der Waals surface area contributed by atoms with Gasteiger partial charge in [-0.15, -0.1) is 0 Å². The van der Waals surface area contributed by atoms with E-state index >= 15 is 0 Å². The largest absolute Gasteiger partial charge is 0.325 e. The third-order valence-electron chi connectivity index (χ3n) is 3.24. The highest BCUT2D eigenvalue weighted by Gasteiger charge is 2.12. The molecule has 18 heavy (non-hydrogen) atoms. The molecule has 0 bridgehead atoms. The van der Waals surface area contributed by atoms with Crippen molar-refractivity contribution in [1.82, 2.24) is 4.90 Å². The maximum Gasteiger partial charge on any atom is 0.240 e. The van der Waals surface area contributed by atoms with Crippen LogP contribution < -0.4 is 11.1 Å². The Hall–Kier alpha value is -1.39. The van der Waals surface area contributed by atoms with E-state index in [1.807, 2.05) is 12.1 Å². The van der Waals surface area contributed by atoms with E-state index < -0.39 is 6.04 Å². The van der Waals surface area contributed by atoms with Crippen molar-refractivity contribution in [2.24, 2.45) is 5.73 Å². The molecule has 4 nitrogen and oxygen atoms in total. The Kier molecular flexibility index (Phi) is 4.33. The molecule has 1 saturated heterocycles. The van der Waals surface area contributed by atoms with Gasteiger partial charge in [-0.1, -0.05) is 12.1 Å². The van der Waals surface area contributed by atoms with Crippen LogP contribution in [-0.2, 0) is 11.3 Å². The molecule has 1 unspecified atom stereocenters. The SMILES string of the molecule is CC(N)C(=O)Nc1ccc(CN2CCCC2)cc1. The molecule has 2 rings (SSSR count). The second-order valence-corrected chi connectivity index (χ2v) is 4.96. The molecule has 0 aliphatic carbocycles. The molecular formula is C14H21N3O. The van der Waals surface area contributed by atoms with Crippen molar-refractivity contribution in [3.05, 3.63) is 29.8 Å². The molecule has 4 heteroatoms. The van der Waals surface area contributed by atoms with Gasteiger partial charge in [-0.2, -0.15) is 0 Å². The van der Waals surface area contributed by atoms with Gasteiger partial charge in [0.15, 0.2) is 0 Å². The van der Waals surface area contributed by atoms with Crippen LogP contribution in [0.4, 0.5) is 5.69 Å². The van der Waals surface area contributed by atoms with Crippen LogP contribution in [-0.4, -0.2) is 29.9 Å². The second-order valence-electron chi connectivity index (χ2n) is 4.96. The van der Waals surface area contributed by atoms with Crippen LogP contribution in [0.15, 0.2) is 24.3 Å². The summed E-state index contributed by atoms with van der Waals surface area (Å²) >= 11 is 0. The number of carbonyl (C=O) groups excluding carboxylic acids is 1. The lowest BCUT2D eigenvalue weighted by atomic mass is 10.2. The van der Waals surface area contributed by atoms with E-state index in [9.17, 15) is 4.79 Å². The van der Waals surface area contributed by atoms with E-state index in [1.165, 1.54) is 31.5 Å². The number of hydrogen-bond acceptors (Lipinski definition) is 3. The monoisotopic (exact) mass is 247 g/mol. The summed E-state index contributed by atoms with van der Waals surface area (Å²) in [5.41, 5.74) is 7.60. The standard InChI is InChI=1S/C14H21N3O/c1-11(15)14(18)16-13-6-4-12(5-7-13)10-17-8-2-3-9-17/h4-7,11H,2-3,8-10,15H2,1H3,(H,16,18). The number of anilines is 1. The van der Waals surface area contributed by atoms with Crippen LogP contribution >= 0.6 is 0 Å². The molecule has 1 atom stereocenters. The number of nitrogens with one attached hydrogen (secondary N) is 1. The third-order valence-corrected chi connectivity index (χ3v) is 3.24. The van der Waals surface area contributed by atoms with Gasteiger partial charge in [0.2, 0.25) is 5.91 Å². The van der Waals surface area contributed by atoms with Crippen LogP contribution in [0.25, 0.3) is 0 Å². The molecule has 1 aliphatic heterocycles. The first kappa shape index (κ1) is 13.1. The molecule has 1 heterocycles. The molecule has 0 aromatic heterocycles. The number of amides is 1. The minimum absolute atomic E-state index is 0.151. The number of nitrogens with two attached hydrogens (primary N) is 1. The van der Waals surface area contributed by atoms with Crippen molar-refractivity contribution >= 4 is 11.6 Å². The number of hydrogen-bond donors (Lipinski definition) is 2. The van der Waals surface area contributed by atoms with Crippen molar-refractivity contribution in [1.29, 1.82) is 0 Å². The lowest BCUT2D eigenvalue weighted by Crippen LogP contribution is -2.32. The lowest BCUT2D eigenvalue weighted by Gasteiger charge is -2.15. The molecule has 1 fully saturated rings. The second kappa shape index (κ2) is 5.98. The molecule has 1 aromatic carbocycles. The van der Waals surface area contributed by atoms with E-state index in [4.69, 9.17) is 5.73 Å². The van der Waals surface area contributed by atoms with E-state index in [2.05, 4.69) is 22.3 Å². The van der Waals surface area contributed by atoms with Crippen molar-refractivity contribution in [2.45, 2.75) is 32.4 Å². The zero-order valence-electron chi connectivity index (χ0n) is 10.9. The predicted molar refractivity (Wildman–Crippen MR) is 73.2 cm³/mol. The number of carbonyl (C=O) groups is 1. The molecule has 3 N–H and O–H groups in total. The van der Waals surface area contributed by atoms with Crippen LogP contribution in [0, 0.1) is 0 Å². The Morgan fingerprint density at radius 1 is 1.33 bits per heavy atom. The van der Waals surface area contributed by atoms with Gasteiger partial charge in [-0.3, -0.25) is 9.69 Å². The summed E-state index contributed by atoms with van der Waals surface area (Å²) in [4.78, 5) is 13.9. The summed E-state index contributed by atoms with van der Waals surface area (Å²) < 4.78 is 0. The zero-order chi connectivity index (χ0) is 13.0. The fourth-order valence-electron chi connectivity index (χ4n) is 2.15. The maximum atomic E-state index is 11.4. The first-order chi connectivity index (χ1) is 8.65. The summed E-state index contributed by atoms with van der Waals surface area (Å²) in [7, 11) is 0. The Morgan fingerprint density at radius 2 is 1.94 bits per heavy atom. The summed E-state index contributed by atoms with van der Waals surface area (Å²) in [5.74, 6) is -0.151. The molecule has 1 aliphatic rings. The van der Waals surface area contributed by atoms with Crippen LogP contribution in [0.2, 0.25) is 0 Å². The van der Waals surface area contributed by atoms with E-state index in [1.54, 1.807) is 6.92 Å². The van der Waals surface area contributed by atoms with Gasteiger partial charge in [-0.25, -0.2) is 0 Å². The Bertz CT molecular complexity index is 394. The topological polar surface area (TPSA) is 58.4 Å². The quantitative estimate of drug-likeness (QED) is 0.849. The summed E-state index contributed by atoms with van der Waals surface area (Å²) in [5, 5.41) is 2.78. The minimum Gasteiger partial charge on any atom is -0.325 e. The van der Waals surface area contributed by atoms with Gasteiger partial charge in [0.25, 0.3) is 0 Å². The van der Waals surface area contributed by atoms with Crippen molar-refractivity contribution in [3.8, 4) is 0 Å². The van der Waals surface area contributed by atoms with Crippen LogP contribution in [0.5, 0.6) is 0 Å². The zero-order valence-corrected chi connectivity index (χ0v) is 10.9. The highest BCUT2D eigenvalue weighted by molar-refractivity contribution is 5.94. The van der Waals surface area contributed by atoms with Crippen LogP contribution in [0.3, 0.4) is 0 Å². The normalized spacial score (nSPS) is 17.7. The Morgan fingerprint density at radius 3 is 2.50 bits per heavy atom. The van der Waals surface area contributed by atoms with Gasteiger partial charge in [0.1, 0.15) is 0 Å². The van der Waals surface area contributed by atoms with Gasteiger partial charge in [0, 0.05) is 12.2 Å². The third kappa shape index (κ3) is 3.55. The lowest BCUT2D eigenvalue weighted by molar-refractivity contribution is -0.117. The van der Waals surface area contributed by atoms with Crippen molar-refractivity contribution in [3.63, 3.8) is 0 Å². The number of nitrogens with zero attached hydrogens (tertiary/aromatic N) is 1. The Labute approximate surface area is 108 Å². The first-order valence-electron chi connectivity index (χ1n) is 6.53. The summed E-state index contributed by atoms with van der Waals surface area (Å²) in [6.07, 6.45) is 2.62. The van der Waals surface area contributed by atoms with Crippen molar-refractivity contribution in [2.75, 3.05) is 18.4 Å². The molecule has 0 radical (unpaired) electrons. The van der Waals surface area contributed by atoms with E-state index in [-0.39, 0.29) is 5.91 Å². The van der Waals surface area contributed by atoms with Gasteiger partial charge < -0.3 is 11.1 Å². The van der Waals surface area contributed by atoms with Crippen molar-refractivity contribution < 1.29 is 4.79 Å². The van der Waals surface area contributed by atoms with Crippen LogP contribution in [0.1, 0.15) is 25.3 Å². The van der Waals surface area contributed by atoms with Gasteiger partial charge >= 0.3 is 0 Å². The average Bonchev–Trinajstić information content (AvgIpc) is 2.84. The number of rotatable bonds is 4.